The monoisotopic (exact) mass is 773 g/mol. The Balaban J connectivity index is 2.62. The van der Waals surface area contributed by atoms with E-state index in [1.807, 2.05) is 0 Å². The molecule has 1 aliphatic heterocycles. The lowest BCUT2D eigenvalue weighted by molar-refractivity contribution is -0.296. The first kappa shape index (κ1) is 45.1. The maximum Gasteiger partial charge on any atom is 0.346 e. The molecule has 0 unspecified atom stereocenters. The van der Waals surface area contributed by atoms with Crippen LogP contribution in [0.3, 0.4) is 0 Å². The molecule has 15 heteroatoms. The van der Waals surface area contributed by atoms with Crippen LogP contribution in [0.2, 0.25) is 44.3 Å². The first-order valence-corrected chi connectivity index (χ1v) is 29.3. The van der Waals surface area contributed by atoms with Crippen LogP contribution in [0.1, 0.15) is 118 Å². The molecule has 2 N–H and O–H groups in total. The van der Waals surface area contributed by atoms with Gasteiger partial charge in [0, 0.05) is 13.1 Å². The number of ether oxygens (including phenoxy) is 1. The SMILES string of the molecule is CC(=O)N(c1cc[nH]c(=O)n1)[C@@H]1O[C@H](COO[Si](C(C)C)(C(C)C)[SiH](C(C)C)C(C)C)[C@@H](OO[Si](C(C)C)(C(C)C)[SiH](C(C)C)C(C)C)[C@@H]1O. The second-order valence-corrected chi connectivity index (χ2v) is 42.3. The van der Waals surface area contributed by atoms with Gasteiger partial charge in [-0.25, -0.2) is 14.6 Å². The standard InChI is InChI=1S/C35H71N3O8Si4/c1-21(2)47(22(3)4)49(25(9)10,26(11)12)45-42-20-30-33(44-46-50(27(13)14,28(15)16)48(23(5)6)24(7)8)32(40)34(43-30)38(29(17)39)31-18-19-36-35(41)37-31/h18-19,21-28,30,32-34,40,47-48H,20H2,1-17H3,(H,36,37,41)/t30-,32+,33-,34-/m1/s1. The Morgan fingerprint density at radius 3 is 1.66 bits per heavy atom. The molecule has 0 saturated carbocycles. The second kappa shape index (κ2) is 18.8. The number of hydrogen-bond donors (Lipinski definition) is 2. The minimum Gasteiger partial charge on any atom is -0.385 e. The fourth-order valence-electron chi connectivity index (χ4n) is 9.49. The maximum absolute atomic E-state index is 13.1. The van der Waals surface area contributed by atoms with E-state index < -0.39 is 68.4 Å². The van der Waals surface area contributed by atoms with E-state index >= 15 is 0 Å². The Kier molecular flexibility index (Phi) is 17.0. The summed E-state index contributed by atoms with van der Waals surface area (Å²) in [5.74, 6) is -0.379. The number of nitrogens with one attached hydrogen (secondary N) is 1. The lowest BCUT2D eigenvalue weighted by atomic mass is 10.1. The Morgan fingerprint density at radius 1 is 0.840 bits per heavy atom. The lowest BCUT2D eigenvalue weighted by Gasteiger charge is -2.46. The van der Waals surface area contributed by atoms with Gasteiger partial charge in [-0.05, 0) is 28.2 Å². The highest BCUT2D eigenvalue weighted by Crippen LogP contribution is 2.45. The van der Waals surface area contributed by atoms with Gasteiger partial charge in [0.25, 0.3) is 0 Å². The third-order valence-electron chi connectivity index (χ3n) is 11.1. The maximum atomic E-state index is 13.1. The molecule has 0 radical (unpaired) electrons. The molecule has 0 spiro atoms. The summed E-state index contributed by atoms with van der Waals surface area (Å²) in [6.45, 7) is 37.8. The minimum absolute atomic E-state index is 0.0330. The molecular formula is C35H71N3O8Si4. The fourth-order valence-corrected chi connectivity index (χ4v) is 46.8. The van der Waals surface area contributed by atoms with Gasteiger partial charge in [0.1, 0.15) is 24.6 Å². The summed E-state index contributed by atoms with van der Waals surface area (Å²) in [5.41, 5.74) is 2.61. The van der Waals surface area contributed by atoms with Gasteiger partial charge in [0.15, 0.2) is 12.3 Å². The number of aromatic amines is 1. The van der Waals surface area contributed by atoms with E-state index in [-0.39, 0.29) is 23.5 Å². The number of H-pyrrole nitrogens is 1. The minimum atomic E-state index is -2.55. The van der Waals surface area contributed by atoms with Crippen LogP contribution >= 0.6 is 0 Å². The van der Waals surface area contributed by atoms with Crippen LogP contribution in [-0.4, -0.2) is 84.4 Å². The summed E-state index contributed by atoms with van der Waals surface area (Å²) >= 11 is 0. The van der Waals surface area contributed by atoms with Crippen molar-refractivity contribution in [1.29, 1.82) is 0 Å². The summed E-state index contributed by atoms with van der Waals surface area (Å²) < 4.78 is 20.1. The number of nitrogens with zero attached hydrogens (tertiary/aromatic N) is 2. The predicted octanol–water partition coefficient (Wildman–Crippen LogP) is 7.26. The van der Waals surface area contributed by atoms with Gasteiger partial charge in [0.2, 0.25) is 21.6 Å². The largest absolute Gasteiger partial charge is 0.385 e. The number of carbonyl (C=O) groups is 1. The lowest BCUT2D eigenvalue weighted by Crippen LogP contribution is -2.62. The van der Waals surface area contributed by atoms with Gasteiger partial charge >= 0.3 is 5.69 Å². The van der Waals surface area contributed by atoms with Crippen molar-refractivity contribution in [2.75, 3.05) is 11.5 Å². The number of aromatic nitrogens is 2. The quantitative estimate of drug-likeness (QED) is 0.0848. The van der Waals surface area contributed by atoms with Crippen molar-refractivity contribution >= 4 is 44.0 Å². The molecule has 1 aliphatic rings. The van der Waals surface area contributed by atoms with Crippen LogP contribution in [0, 0.1) is 0 Å². The molecule has 0 bridgehead atoms. The summed E-state index contributed by atoms with van der Waals surface area (Å²) in [7, 11) is -7.98. The average Bonchev–Trinajstić information content (AvgIpc) is 3.26. The third kappa shape index (κ3) is 9.55. The van der Waals surface area contributed by atoms with Crippen molar-refractivity contribution in [2.24, 2.45) is 0 Å². The number of aliphatic hydroxyl groups is 1. The molecule has 1 saturated heterocycles. The van der Waals surface area contributed by atoms with E-state index in [0.29, 0.717) is 33.2 Å². The van der Waals surface area contributed by atoms with Crippen molar-refractivity contribution in [3.8, 4) is 0 Å². The molecule has 11 nitrogen and oxygen atoms in total. The van der Waals surface area contributed by atoms with E-state index in [0.717, 1.165) is 0 Å². The number of carbonyl (C=O) groups excluding carboxylic acids is 1. The zero-order valence-corrected chi connectivity index (χ0v) is 38.5. The van der Waals surface area contributed by atoms with Crippen LogP contribution in [0.5, 0.6) is 0 Å². The number of anilines is 1. The van der Waals surface area contributed by atoms with E-state index in [9.17, 15) is 14.7 Å². The van der Waals surface area contributed by atoms with Gasteiger partial charge < -0.3 is 14.8 Å². The molecule has 0 aromatic carbocycles. The van der Waals surface area contributed by atoms with Crippen LogP contribution in [0.4, 0.5) is 5.82 Å². The van der Waals surface area contributed by atoms with Crippen LogP contribution in [0.25, 0.3) is 0 Å². The van der Waals surface area contributed by atoms with Crippen LogP contribution in [-0.2, 0) is 28.5 Å². The zero-order valence-electron chi connectivity index (χ0n) is 34.1. The molecule has 2 heterocycles. The normalized spacial score (nSPS) is 20.9. The third-order valence-corrected chi connectivity index (χ3v) is 49.7. The Hall–Kier alpha value is -1.02. The smallest absolute Gasteiger partial charge is 0.346 e. The molecule has 1 fully saturated rings. The summed E-state index contributed by atoms with van der Waals surface area (Å²) in [6, 6.07) is 1.50. The average molecular weight is 774 g/mol. The highest BCUT2D eigenvalue weighted by Gasteiger charge is 2.57. The number of rotatable bonds is 19. The van der Waals surface area contributed by atoms with Gasteiger partial charge in [0.05, 0.1) is 16.6 Å². The Morgan fingerprint density at radius 2 is 1.28 bits per heavy atom. The van der Waals surface area contributed by atoms with E-state index in [2.05, 4.69) is 121 Å². The van der Waals surface area contributed by atoms with Gasteiger partial charge in [-0.1, -0.05) is 133 Å². The van der Waals surface area contributed by atoms with Crippen LogP contribution in [0.15, 0.2) is 17.1 Å². The summed E-state index contributed by atoms with van der Waals surface area (Å²) in [5, 5.41) is 12.0. The van der Waals surface area contributed by atoms with Gasteiger partial charge in [-0.15, -0.1) is 0 Å². The van der Waals surface area contributed by atoms with Gasteiger partial charge in [-0.2, -0.15) is 4.98 Å². The molecule has 1 aromatic rings. The predicted molar refractivity (Wildman–Crippen MR) is 212 cm³/mol. The highest BCUT2D eigenvalue weighted by molar-refractivity contribution is 7.32. The first-order chi connectivity index (χ1) is 23.1. The van der Waals surface area contributed by atoms with Crippen molar-refractivity contribution in [3.63, 3.8) is 0 Å². The van der Waals surface area contributed by atoms with E-state index in [4.69, 9.17) is 23.7 Å². The number of aliphatic hydroxyl groups excluding tert-OH is 1. The topological polar surface area (TPSA) is 132 Å². The molecule has 1 aromatic heterocycles. The zero-order chi connectivity index (χ0) is 38.5. The molecule has 1 amide bonds. The number of hydrogen-bond acceptors (Lipinski definition) is 9. The summed E-state index contributed by atoms with van der Waals surface area (Å²) in [6.07, 6.45) is -2.96. The van der Waals surface area contributed by atoms with Crippen LogP contribution < -0.4 is 10.6 Å². The van der Waals surface area contributed by atoms with Crippen molar-refractivity contribution in [3.05, 3.63) is 22.7 Å². The molecule has 50 heavy (non-hydrogen) atoms. The van der Waals surface area contributed by atoms with E-state index in [1.165, 1.54) is 24.1 Å². The molecule has 0 aliphatic carbocycles. The van der Waals surface area contributed by atoms with E-state index in [1.54, 1.807) is 0 Å². The van der Waals surface area contributed by atoms with Crippen molar-refractivity contribution in [1.82, 2.24) is 9.97 Å². The number of amides is 1. The first-order valence-electron chi connectivity index (χ1n) is 18.9. The van der Waals surface area contributed by atoms with Crippen molar-refractivity contribution < 1.29 is 33.6 Å². The second-order valence-electron chi connectivity index (χ2n) is 17.1. The Bertz CT molecular complexity index is 1230. The van der Waals surface area contributed by atoms with Gasteiger partial charge in [-0.3, -0.25) is 18.8 Å². The molecule has 2 rings (SSSR count). The summed E-state index contributed by atoms with van der Waals surface area (Å²) in [4.78, 5) is 45.8. The highest BCUT2D eigenvalue weighted by atomic mass is 29.2. The molecular weight excluding hydrogens is 703 g/mol. The molecule has 4 atom stereocenters. The van der Waals surface area contributed by atoms with Crippen molar-refractivity contribution in [2.45, 2.75) is 187 Å². The fraction of sp³-hybridized carbons (Fsp3) is 0.857. The molecule has 290 valence electrons. The Labute approximate surface area is 307 Å².